The number of likely N-dealkylation sites (tertiary alicyclic amines) is 1. The topological polar surface area (TPSA) is 68.8 Å². The van der Waals surface area contributed by atoms with Gasteiger partial charge in [0.2, 0.25) is 5.91 Å². The van der Waals surface area contributed by atoms with E-state index in [4.69, 9.17) is 0 Å². The van der Waals surface area contributed by atoms with Crippen molar-refractivity contribution in [2.75, 3.05) is 39.8 Å². The van der Waals surface area contributed by atoms with Crippen molar-refractivity contribution in [3.8, 4) is 0 Å². The second-order valence-electron chi connectivity index (χ2n) is 7.79. The Morgan fingerprint density at radius 2 is 1.65 bits per heavy atom. The van der Waals surface area contributed by atoms with E-state index in [0.29, 0.717) is 13.0 Å². The summed E-state index contributed by atoms with van der Waals surface area (Å²) in [6.07, 6.45) is 12.1. The van der Waals surface area contributed by atoms with E-state index in [0.717, 1.165) is 25.5 Å². The van der Waals surface area contributed by atoms with E-state index in [1.165, 1.54) is 64.5 Å². The highest BCUT2D eigenvalue weighted by atomic mass is 16.1. The van der Waals surface area contributed by atoms with Crippen LogP contribution >= 0.6 is 0 Å². The van der Waals surface area contributed by atoms with E-state index in [2.05, 4.69) is 32.8 Å². The standard InChI is InChI=1S/C20H39N5O/c1-3-13-22-18(26)10-14-23-19(21-2)24-17-20(11-6-4-7-12-20)25-15-8-5-9-16-25/h3-17H2,1-2H3,(H,22,26)(H2,21,23,24). The lowest BCUT2D eigenvalue weighted by Gasteiger charge is -2.48. The predicted octanol–water partition coefficient (Wildman–Crippen LogP) is 2.26. The summed E-state index contributed by atoms with van der Waals surface area (Å²) in [6, 6.07) is 0. The number of nitrogens with one attached hydrogen (secondary N) is 3. The highest BCUT2D eigenvalue weighted by Crippen LogP contribution is 2.35. The van der Waals surface area contributed by atoms with Crippen molar-refractivity contribution in [2.45, 2.75) is 76.7 Å². The maximum atomic E-state index is 11.7. The van der Waals surface area contributed by atoms with Crippen LogP contribution in [0.1, 0.15) is 71.1 Å². The number of amides is 1. The largest absolute Gasteiger partial charge is 0.356 e. The van der Waals surface area contributed by atoms with Crippen LogP contribution in [0.5, 0.6) is 0 Å². The molecule has 26 heavy (non-hydrogen) atoms. The molecule has 1 heterocycles. The van der Waals surface area contributed by atoms with E-state index in [1.807, 2.05) is 0 Å². The van der Waals surface area contributed by atoms with E-state index in [-0.39, 0.29) is 11.4 Å². The molecule has 1 saturated heterocycles. The molecule has 3 N–H and O–H groups in total. The number of rotatable bonds is 8. The van der Waals surface area contributed by atoms with Gasteiger partial charge < -0.3 is 16.0 Å². The van der Waals surface area contributed by atoms with Crippen LogP contribution in [0.15, 0.2) is 4.99 Å². The van der Waals surface area contributed by atoms with Gasteiger partial charge in [-0.15, -0.1) is 0 Å². The molecular weight excluding hydrogens is 326 g/mol. The fraction of sp³-hybridized carbons (Fsp3) is 0.900. The van der Waals surface area contributed by atoms with E-state index < -0.39 is 0 Å². The first-order valence-corrected chi connectivity index (χ1v) is 10.7. The molecule has 0 bridgehead atoms. The van der Waals surface area contributed by atoms with Gasteiger partial charge in [0.15, 0.2) is 5.96 Å². The van der Waals surface area contributed by atoms with Gasteiger partial charge in [0, 0.05) is 38.6 Å². The van der Waals surface area contributed by atoms with Crippen molar-refractivity contribution in [3.63, 3.8) is 0 Å². The molecule has 1 aliphatic heterocycles. The van der Waals surface area contributed by atoms with Crippen molar-refractivity contribution in [2.24, 2.45) is 4.99 Å². The minimum atomic E-state index is 0.104. The molecule has 6 heteroatoms. The molecule has 1 amide bonds. The predicted molar refractivity (Wildman–Crippen MR) is 109 cm³/mol. The molecule has 0 aromatic carbocycles. The number of carbonyl (C=O) groups excluding carboxylic acids is 1. The SMILES string of the molecule is CCCNC(=O)CCNC(=NC)NCC1(N2CCCCC2)CCCCC1. The minimum Gasteiger partial charge on any atom is -0.356 e. The van der Waals surface area contributed by atoms with E-state index >= 15 is 0 Å². The Morgan fingerprint density at radius 1 is 0.962 bits per heavy atom. The zero-order valence-electron chi connectivity index (χ0n) is 16.9. The van der Waals surface area contributed by atoms with Crippen molar-refractivity contribution in [3.05, 3.63) is 0 Å². The van der Waals surface area contributed by atoms with Crippen LogP contribution in [0.4, 0.5) is 0 Å². The smallest absolute Gasteiger partial charge is 0.221 e. The summed E-state index contributed by atoms with van der Waals surface area (Å²) in [5.74, 6) is 0.919. The average Bonchev–Trinajstić information content (AvgIpc) is 2.70. The Kier molecular flexibility index (Phi) is 9.23. The van der Waals surface area contributed by atoms with Crippen LogP contribution in [0.2, 0.25) is 0 Å². The molecule has 0 radical (unpaired) electrons. The zero-order valence-corrected chi connectivity index (χ0v) is 16.9. The lowest BCUT2D eigenvalue weighted by atomic mass is 9.79. The minimum absolute atomic E-state index is 0.104. The first kappa shape index (κ1) is 21.0. The van der Waals surface area contributed by atoms with E-state index in [9.17, 15) is 4.79 Å². The second-order valence-corrected chi connectivity index (χ2v) is 7.79. The van der Waals surface area contributed by atoms with Gasteiger partial charge in [0.1, 0.15) is 0 Å². The van der Waals surface area contributed by atoms with Crippen molar-refractivity contribution in [1.82, 2.24) is 20.9 Å². The van der Waals surface area contributed by atoms with Crippen LogP contribution in [-0.2, 0) is 4.79 Å². The number of hydrogen-bond acceptors (Lipinski definition) is 3. The maximum absolute atomic E-state index is 11.7. The number of guanidine groups is 1. The number of hydrogen-bond donors (Lipinski definition) is 3. The lowest BCUT2D eigenvalue weighted by Crippen LogP contribution is -2.59. The number of nitrogens with zero attached hydrogens (tertiary/aromatic N) is 2. The fourth-order valence-corrected chi connectivity index (χ4v) is 4.30. The van der Waals surface area contributed by atoms with Gasteiger partial charge in [-0.25, -0.2) is 0 Å². The molecule has 0 aromatic rings. The van der Waals surface area contributed by atoms with Gasteiger partial charge in [0.05, 0.1) is 0 Å². The second kappa shape index (κ2) is 11.4. The number of carbonyl (C=O) groups is 1. The Hall–Kier alpha value is -1.30. The fourth-order valence-electron chi connectivity index (χ4n) is 4.30. The molecule has 2 aliphatic rings. The Morgan fingerprint density at radius 3 is 2.31 bits per heavy atom. The van der Waals surface area contributed by atoms with Crippen LogP contribution < -0.4 is 16.0 Å². The quantitative estimate of drug-likeness (QED) is 0.456. The average molecular weight is 366 g/mol. The summed E-state index contributed by atoms with van der Waals surface area (Å²) in [5, 5.41) is 9.77. The maximum Gasteiger partial charge on any atom is 0.221 e. The molecule has 0 atom stereocenters. The number of piperidine rings is 1. The molecular formula is C20H39N5O. The van der Waals surface area contributed by atoms with Crippen LogP contribution in [0.3, 0.4) is 0 Å². The molecule has 0 aromatic heterocycles. The normalized spacial score (nSPS) is 21.2. The summed E-state index contributed by atoms with van der Waals surface area (Å²) >= 11 is 0. The van der Waals surface area contributed by atoms with Gasteiger partial charge in [-0.1, -0.05) is 32.6 Å². The third-order valence-corrected chi connectivity index (χ3v) is 5.84. The third kappa shape index (κ3) is 6.45. The summed E-state index contributed by atoms with van der Waals surface area (Å²) in [7, 11) is 1.81. The highest BCUT2D eigenvalue weighted by Gasteiger charge is 2.38. The van der Waals surface area contributed by atoms with Gasteiger partial charge >= 0.3 is 0 Å². The molecule has 1 aliphatic carbocycles. The third-order valence-electron chi connectivity index (χ3n) is 5.84. The monoisotopic (exact) mass is 365 g/mol. The Balaban J connectivity index is 1.81. The molecule has 0 unspecified atom stereocenters. The first-order chi connectivity index (χ1) is 12.7. The van der Waals surface area contributed by atoms with Crippen molar-refractivity contribution in [1.29, 1.82) is 0 Å². The summed E-state index contributed by atoms with van der Waals surface area (Å²) < 4.78 is 0. The highest BCUT2D eigenvalue weighted by molar-refractivity contribution is 5.81. The van der Waals surface area contributed by atoms with Crippen LogP contribution in [-0.4, -0.2) is 62.1 Å². The summed E-state index contributed by atoms with van der Waals surface area (Å²) in [5.41, 5.74) is 0.286. The van der Waals surface area contributed by atoms with Crippen molar-refractivity contribution < 1.29 is 4.79 Å². The summed E-state index contributed by atoms with van der Waals surface area (Å²) in [6.45, 7) is 6.87. The number of aliphatic imine (C=N–C) groups is 1. The van der Waals surface area contributed by atoms with Gasteiger partial charge in [-0.3, -0.25) is 14.7 Å². The molecule has 150 valence electrons. The Bertz CT molecular complexity index is 439. The van der Waals surface area contributed by atoms with Crippen LogP contribution in [0, 0.1) is 0 Å². The van der Waals surface area contributed by atoms with Crippen molar-refractivity contribution >= 4 is 11.9 Å². The van der Waals surface area contributed by atoms with Gasteiger partial charge in [-0.05, 0) is 45.2 Å². The molecule has 0 spiro atoms. The first-order valence-electron chi connectivity index (χ1n) is 10.7. The van der Waals surface area contributed by atoms with Gasteiger partial charge in [-0.2, -0.15) is 0 Å². The molecule has 1 saturated carbocycles. The lowest BCUT2D eigenvalue weighted by molar-refractivity contribution is -0.120. The molecule has 2 fully saturated rings. The van der Waals surface area contributed by atoms with Crippen LogP contribution in [0.25, 0.3) is 0 Å². The summed E-state index contributed by atoms with van der Waals surface area (Å²) in [4.78, 5) is 18.8. The Labute approximate surface area is 159 Å². The van der Waals surface area contributed by atoms with E-state index in [1.54, 1.807) is 7.05 Å². The molecule has 2 rings (SSSR count). The zero-order chi connectivity index (χ0) is 18.7. The van der Waals surface area contributed by atoms with Gasteiger partial charge in [0.25, 0.3) is 0 Å². The molecule has 6 nitrogen and oxygen atoms in total.